The fourth-order valence-corrected chi connectivity index (χ4v) is 2.08. The molecular formula is C17H24O5. The summed E-state index contributed by atoms with van der Waals surface area (Å²) in [5.74, 6) is 0.453. The Hall–Kier alpha value is -1.59. The lowest BCUT2D eigenvalue weighted by Crippen LogP contribution is -2.31. The highest BCUT2D eigenvalue weighted by atomic mass is 16.6. The van der Waals surface area contributed by atoms with Gasteiger partial charge < -0.3 is 18.9 Å². The van der Waals surface area contributed by atoms with Gasteiger partial charge in [0, 0.05) is 6.42 Å². The average molecular weight is 308 g/mol. The average Bonchev–Trinajstić information content (AvgIpc) is 3.29. The van der Waals surface area contributed by atoms with Crippen LogP contribution in [-0.4, -0.2) is 44.1 Å². The molecule has 0 N–H and O–H groups in total. The van der Waals surface area contributed by atoms with Gasteiger partial charge in [-0.1, -0.05) is 12.1 Å². The highest BCUT2D eigenvalue weighted by Crippen LogP contribution is 2.19. The van der Waals surface area contributed by atoms with Crippen LogP contribution in [0, 0.1) is 0 Å². The second kappa shape index (κ2) is 8.15. The van der Waals surface area contributed by atoms with E-state index in [-0.39, 0.29) is 18.2 Å². The van der Waals surface area contributed by atoms with Gasteiger partial charge in [-0.05, 0) is 38.5 Å². The molecule has 2 atom stereocenters. The molecule has 2 rings (SSSR count). The molecular weight excluding hydrogens is 284 g/mol. The first kappa shape index (κ1) is 16.8. The molecule has 1 aromatic carbocycles. The van der Waals surface area contributed by atoms with Crippen molar-refractivity contribution in [3.8, 4) is 5.75 Å². The van der Waals surface area contributed by atoms with E-state index in [0.29, 0.717) is 19.6 Å². The molecule has 0 aliphatic carbocycles. The van der Waals surface area contributed by atoms with Crippen LogP contribution in [0.1, 0.15) is 26.3 Å². The standard InChI is InChI=1S/C17H24O5/c1-4-19-17(18)16(22-12(2)3)9-13-6-5-7-14(8-13)20-10-15-11-21-15/h5-8,12,15-16H,4,9-11H2,1-3H3. The molecule has 0 radical (unpaired) electrons. The monoisotopic (exact) mass is 308 g/mol. The third-order valence-electron chi connectivity index (χ3n) is 3.14. The lowest BCUT2D eigenvalue weighted by atomic mass is 10.1. The molecule has 1 fully saturated rings. The van der Waals surface area contributed by atoms with E-state index in [0.717, 1.165) is 17.9 Å². The fraction of sp³-hybridized carbons (Fsp3) is 0.588. The first-order valence-corrected chi connectivity index (χ1v) is 7.74. The highest BCUT2D eigenvalue weighted by Gasteiger charge is 2.24. The minimum Gasteiger partial charge on any atom is -0.491 e. The summed E-state index contributed by atoms with van der Waals surface area (Å²) in [6, 6.07) is 7.69. The van der Waals surface area contributed by atoms with Gasteiger partial charge in [-0.3, -0.25) is 0 Å². The van der Waals surface area contributed by atoms with Crippen LogP contribution in [0.5, 0.6) is 5.75 Å². The highest BCUT2D eigenvalue weighted by molar-refractivity contribution is 5.75. The van der Waals surface area contributed by atoms with E-state index in [1.165, 1.54) is 0 Å². The van der Waals surface area contributed by atoms with Crippen molar-refractivity contribution in [3.63, 3.8) is 0 Å². The third kappa shape index (κ3) is 5.66. The Morgan fingerprint density at radius 2 is 2.18 bits per heavy atom. The Morgan fingerprint density at radius 1 is 1.41 bits per heavy atom. The second-order valence-electron chi connectivity index (χ2n) is 5.54. The van der Waals surface area contributed by atoms with Crippen LogP contribution in [0.2, 0.25) is 0 Å². The van der Waals surface area contributed by atoms with Crippen molar-refractivity contribution >= 4 is 5.97 Å². The van der Waals surface area contributed by atoms with Gasteiger partial charge in [-0.15, -0.1) is 0 Å². The smallest absolute Gasteiger partial charge is 0.335 e. The molecule has 1 heterocycles. The van der Waals surface area contributed by atoms with Crippen LogP contribution < -0.4 is 4.74 Å². The first-order chi connectivity index (χ1) is 10.6. The molecule has 0 spiro atoms. The molecule has 1 saturated heterocycles. The molecule has 2 unspecified atom stereocenters. The predicted molar refractivity (Wildman–Crippen MR) is 82.0 cm³/mol. The predicted octanol–water partition coefficient (Wildman–Crippen LogP) is 2.36. The zero-order valence-electron chi connectivity index (χ0n) is 13.4. The summed E-state index contributed by atoms with van der Waals surface area (Å²) < 4.78 is 21.5. The molecule has 1 aliphatic heterocycles. The Balaban J connectivity index is 1.97. The van der Waals surface area contributed by atoms with E-state index < -0.39 is 6.10 Å². The van der Waals surface area contributed by atoms with Crippen molar-refractivity contribution in [2.45, 2.75) is 45.5 Å². The number of carbonyl (C=O) groups excluding carboxylic acids is 1. The largest absolute Gasteiger partial charge is 0.491 e. The van der Waals surface area contributed by atoms with Gasteiger partial charge in [-0.2, -0.15) is 0 Å². The van der Waals surface area contributed by atoms with Crippen molar-refractivity contribution in [1.29, 1.82) is 0 Å². The van der Waals surface area contributed by atoms with Crippen LogP contribution in [0.25, 0.3) is 0 Å². The maximum atomic E-state index is 12.0. The summed E-state index contributed by atoms with van der Waals surface area (Å²) in [4.78, 5) is 12.0. The lowest BCUT2D eigenvalue weighted by Gasteiger charge is -2.19. The molecule has 22 heavy (non-hydrogen) atoms. The summed E-state index contributed by atoms with van der Waals surface area (Å²) in [6.07, 6.45) is 0.0525. The van der Waals surface area contributed by atoms with E-state index >= 15 is 0 Å². The van der Waals surface area contributed by atoms with Crippen LogP contribution in [0.4, 0.5) is 0 Å². The topological polar surface area (TPSA) is 57.3 Å². The Labute approximate surface area is 131 Å². The minimum absolute atomic E-state index is 0.0409. The van der Waals surface area contributed by atoms with E-state index in [1.54, 1.807) is 6.92 Å². The summed E-state index contributed by atoms with van der Waals surface area (Å²) in [5.41, 5.74) is 0.980. The maximum absolute atomic E-state index is 12.0. The molecule has 0 aromatic heterocycles. The quantitative estimate of drug-likeness (QED) is 0.518. The van der Waals surface area contributed by atoms with E-state index in [4.69, 9.17) is 18.9 Å². The van der Waals surface area contributed by atoms with Crippen molar-refractivity contribution in [1.82, 2.24) is 0 Å². The molecule has 1 aliphatic rings. The lowest BCUT2D eigenvalue weighted by molar-refractivity contribution is -0.159. The van der Waals surface area contributed by atoms with Gasteiger partial charge >= 0.3 is 5.97 Å². The number of hydrogen-bond acceptors (Lipinski definition) is 5. The summed E-state index contributed by atoms with van der Waals surface area (Å²) in [7, 11) is 0. The second-order valence-corrected chi connectivity index (χ2v) is 5.54. The third-order valence-corrected chi connectivity index (χ3v) is 3.14. The maximum Gasteiger partial charge on any atom is 0.335 e. The number of esters is 1. The van der Waals surface area contributed by atoms with Gasteiger partial charge in [-0.25, -0.2) is 4.79 Å². The minimum atomic E-state index is -0.595. The SMILES string of the molecule is CCOC(=O)C(Cc1cccc(OCC2CO2)c1)OC(C)C. The Bertz CT molecular complexity index is 482. The molecule has 1 aromatic rings. The van der Waals surface area contributed by atoms with Gasteiger partial charge in [0.2, 0.25) is 0 Å². The van der Waals surface area contributed by atoms with Crippen molar-refractivity contribution in [2.24, 2.45) is 0 Å². The number of ether oxygens (including phenoxy) is 4. The van der Waals surface area contributed by atoms with E-state index in [1.807, 2.05) is 38.1 Å². The van der Waals surface area contributed by atoms with Gasteiger partial charge in [0.25, 0.3) is 0 Å². The number of hydrogen-bond donors (Lipinski definition) is 0. The normalized spacial score (nSPS) is 18.1. The van der Waals surface area contributed by atoms with E-state index in [2.05, 4.69) is 0 Å². The van der Waals surface area contributed by atoms with Gasteiger partial charge in [0.1, 0.15) is 18.5 Å². The Kier molecular flexibility index (Phi) is 6.21. The van der Waals surface area contributed by atoms with Crippen molar-refractivity contribution in [3.05, 3.63) is 29.8 Å². The van der Waals surface area contributed by atoms with Crippen molar-refractivity contribution in [2.75, 3.05) is 19.8 Å². The number of rotatable bonds is 9. The van der Waals surface area contributed by atoms with Crippen LogP contribution in [-0.2, 0) is 25.4 Å². The van der Waals surface area contributed by atoms with Crippen LogP contribution in [0.3, 0.4) is 0 Å². The van der Waals surface area contributed by atoms with Gasteiger partial charge in [0.15, 0.2) is 6.10 Å². The van der Waals surface area contributed by atoms with Crippen molar-refractivity contribution < 1.29 is 23.7 Å². The number of epoxide rings is 1. The van der Waals surface area contributed by atoms with Gasteiger partial charge in [0.05, 0.1) is 19.3 Å². The van der Waals surface area contributed by atoms with E-state index in [9.17, 15) is 4.79 Å². The molecule has 0 bridgehead atoms. The fourth-order valence-electron chi connectivity index (χ4n) is 2.08. The number of benzene rings is 1. The molecule has 0 amide bonds. The summed E-state index contributed by atoms with van der Waals surface area (Å²) in [6.45, 7) is 7.28. The Morgan fingerprint density at radius 3 is 2.82 bits per heavy atom. The van der Waals surface area contributed by atoms with Crippen LogP contribution >= 0.6 is 0 Å². The number of carbonyl (C=O) groups is 1. The van der Waals surface area contributed by atoms with Crippen LogP contribution in [0.15, 0.2) is 24.3 Å². The summed E-state index contributed by atoms with van der Waals surface area (Å²) in [5, 5.41) is 0. The zero-order chi connectivity index (χ0) is 15.9. The molecule has 5 heteroatoms. The zero-order valence-corrected chi connectivity index (χ0v) is 13.4. The molecule has 5 nitrogen and oxygen atoms in total. The molecule has 0 saturated carbocycles. The first-order valence-electron chi connectivity index (χ1n) is 7.74. The summed E-state index contributed by atoms with van der Waals surface area (Å²) >= 11 is 0. The molecule has 122 valence electrons.